The lowest BCUT2D eigenvalue weighted by Crippen LogP contribution is -2.30. The monoisotopic (exact) mass is 348 g/mol. The molecular formula is C19H20N6O. The topological polar surface area (TPSA) is 75.9 Å². The number of aromatic nitrogens is 4. The van der Waals surface area contributed by atoms with Crippen molar-refractivity contribution in [3.8, 4) is 11.4 Å². The average Bonchev–Trinajstić information content (AvgIpc) is 3.29. The van der Waals surface area contributed by atoms with E-state index in [1.165, 1.54) is 11.1 Å². The van der Waals surface area contributed by atoms with Gasteiger partial charge in [-0.05, 0) is 47.5 Å². The molecule has 7 heteroatoms. The fraction of sp³-hybridized carbons (Fsp3) is 0.263. The third-order valence-corrected chi connectivity index (χ3v) is 4.52. The number of tetrazole rings is 1. The summed E-state index contributed by atoms with van der Waals surface area (Å²) in [6.45, 7) is 5.27. The van der Waals surface area contributed by atoms with Gasteiger partial charge in [0.05, 0.1) is 11.7 Å². The van der Waals surface area contributed by atoms with Crippen LogP contribution in [0, 0.1) is 0 Å². The molecule has 2 amide bonds. The van der Waals surface area contributed by atoms with Crippen molar-refractivity contribution in [3.63, 3.8) is 0 Å². The van der Waals surface area contributed by atoms with Crippen molar-refractivity contribution in [3.05, 3.63) is 59.7 Å². The number of hydrogen-bond donors (Lipinski definition) is 1. The Bertz CT molecular complexity index is 923. The molecule has 1 aliphatic rings. The lowest BCUT2D eigenvalue weighted by Gasteiger charge is -2.18. The highest BCUT2D eigenvalue weighted by atomic mass is 16.2. The largest absolute Gasteiger partial charge is 0.322 e. The smallest absolute Gasteiger partial charge is 0.316 e. The molecule has 132 valence electrons. The van der Waals surface area contributed by atoms with Gasteiger partial charge in [-0.15, -0.1) is 5.10 Å². The average molecular weight is 348 g/mol. The number of hydrogen-bond acceptors (Lipinski definition) is 4. The van der Waals surface area contributed by atoms with Gasteiger partial charge < -0.3 is 10.2 Å². The molecule has 0 spiro atoms. The summed E-state index contributed by atoms with van der Waals surface area (Å²) in [5, 5.41) is 15.0. The first kappa shape index (κ1) is 16.3. The van der Waals surface area contributed by atoms with Crippen molar-refractivity contribution < 1.29 is 4.79 Å². The molecule has 1 N–H and O–H groups in total. The maximum absolute atomic E-state index is 12.8. The standard InChI is InChI=1S/C19H20N6O/c1-13(2)25-18(21-22-23-25)16-9-5-6-10-17(16)20-19(26)24-11-14-7-3-4-8-15(14)12-24/h3-10,13H,11-12H2,1-2H3,(H,20,26). The van der Waals surface area contributed by atoms with Crippen molar-refractivity contribution in [1.82, 2.24) is 25.1 Å². The third-order valence-electron chi connectivity index (χ3n) is 4.52. The molecule has 0 saturated carbocycles. The minimum atomic E-state index is -0.128. The van der Waals surface area contributed by atoms with E-state index in [2.05, 4.69) is 33.0 Å². The van der Waals surface area contributed by atoms with Crippen LogP contribution in [0.1, 0.15) is 31.0 Å². The number of nitrogens with one attached hydrogen (secondary N) is 1. The lowest BCUT2D eigenvalue weighted by molar-refractivity contribution is 0.212. The molecule has 26 heavy (non-hydrogen) atoms. The Kier molecular flexibility index (Phi) is 4.12. The van der Waals surface area contributed by atoms with E-state index in [1.807, 2.05) is 50.2 Å². The summed E-state index contributed by atoms with van der Waals surface area (Å²) < 4.78 is 1.75. The molecule has 3 aromatic rings. The fourth-order valence-corrected chi connectivity index (χ4v) is 3.18. The van der Waals surface area contributed by atoms with Gasteiger partial charge in [0, 0.05) is 18.7 Å². The van der Waals surface area contributed by atoms with Crippen LogP contribution in [-0.4, -0.2) is 31.1 Å². The van der Waals surface area contributed by atoms with E-state index < -0.39 is 0 Å². The van der Waals surface area contributed by atoms with Crippen LogP contribution in [0.4, 0.5) is 10.5 Å². The highest BCUT2D eigenvalue weighted by molar-refractivity contribution is 5.93. The molecule has 1 aromatic heterocycles. The summed E-state index contributed by atoms with van der Waals surface area (Å²) in [6.07, 6.45) is 0. The lowest BCUT2D eigenvalue weighted by atomic mass is 10.1. The van der Waals surface area contributed by atoms with Gasteiger partial charge >= 0.3 is 6.03 Å². The minimum absolute atomic E-state index is 0.122. The van der Waals surface area contributed by atoms with Crippen LogP contribution < -0.4 is 5.32 Å². The van der Waals surface area contributed by atoms with Crippen LogP contribution >= 0.6 is 0 Å². The predicted molar refractivity (Wildman–Crippen MR) is 98.3 cm³/mol. The molecule has 1 aliphatic heterocycles. The van der Waals surface area contributed by atoms with Gasteiger partial charge in [0.25, 0.3) is 0 Å². The number of fused-ring (bicyclic) bond motifs is 1. The summed E-state index contributed by atoms with van der Waals surface area (Å²) in [7, 11) is 0. The third kappa shape index (κ3) is 2.92. The molecular weight excluding hydrogens is 328 g/mol. The van der Waals surface area contributed by atoms with Crippen LogP contribution in [0.2, 0.25) is 0 Å². The molecule has 0 aliphatic carbocycles. The van der Waals surface area contributed by atoms with Crippen LogP contribution in [0.15, 0.2) is 48.5 Å². The number of urea groups is 1. The van der Waals surface area contributed by atoms with Crippen molar-refractivity contribution in [2.45, 2.75) is 33.0 Å². The minimum Gasteiger partial charge on any atom is -0.316 e. The van der Waals surface area contributed by atoms with E-state index in [-0.39, 0.29) is 12.1 Å². The SMILES string of the molecule is CC(C)n1nnnc1-c1ccccc1NC(=O)N1Cc2ccccc2C1. The van der Waals surface area contributed by atoms with E-state index in [0.717, 1.165) is 5.56 Å². The van der Waals surface area contributed by atoms with Crippen molar-refractivity contribution in [2.75, 3.05) is 5.32 Å². The Balaban J connectivity index is 1.58. The number of amides is 2. The normalized spacial score (nSPS) is 13.1. The second-order valence-corrected chi connectivity index (χ2v) is 6.64. The van der Waals surface area contributed by atoms with Gasteiger partial charge in [-0.2, -0.15) is 0 Å². The number of rotatable bonds is 3. The molecule has 7 nitrogen and oxygen atoms in total. The van der Waals surface area contributed by atoms with Crippen LogP contribution in [0.3, 0.4) is 0 Å². The number of benzene rings is 2. The summed E-state index contributed by atoms with van der Waals surface area (Å²) in [6, 6.07) is 15.7. The van der Waals surface area contributed by atoms with E-state index in [1.54, 1.807) is 9.58 Å². The van der Waals surface area contributed by atoms with Gasteiger partial charge in [0.15, 0.2) is 5.82 Å². The molecule has 2 aromatic carbocycles. The van der Waals surface area contributed by atoms with Crippen LogP contribution in [0.5, 0.6) is 0 Å². The highest BCUT2D eigenvalue weighted by Gasteiger charge is 2.24. The molecule has 0 radical (unpaired) electrons. The van der Waals surface area contributed by atoms with E-state index >= 15 is 0 Å². The second-order valence-electron chi connectivity index (χ2n) is 6.64. The van der Waals surface area contributed by atoms with Crippen molar-refractivity contribution >= 4 is 11.7 Å². The summed E-state index contributed by atoms with van der Waals surface area (Å²) in [5.74, 6) is 0.639. The van der Waals surface area contributed by atoms with Gasteiger partial charge in [-0.1, -0.05) is 36.4 Å². The Morgan fingerprint density at radius 3 is 2.38 bits per heavy atom. The van der Waals surface area contributed by atoms with Gasteiger partial charge in [0.1, 0.15) is 0 Å². The Morgan fingerprint density at radius 2 is 1.69 bits per heavy atom. The van der Waals surface area contributed by atoms with Gasteiger partial charge in [-0.3, -0.25) is 0 Å². The second kappa shape index (κ2) is 6.59. The van der Waals surface area contributed by atoms with E-state index in [9.17, 15) is 4.79 Å². The molecule has 2 heterocycles. The van der Waals surface area contributed by atoms with Crippen LogP contribution in [-0.2, 0) is 13.1 Å². The molecule has 0 fully saturated rings. The number of anilines is 1. The highest BCUT2D eigenvalue weighted by Crippen LogP contribution is 2.28. The zero-order valence-electron chi connectivity index (χ0n) is 14.8. The number of carbonyl (C=O) groups excluding carboxylic acids is 1. The molecule has 0 unspecified atom stereocenters. The fourth-order valence-electron chi connectivity index (χ4n) is 3.18. The maximum atomic E-state index is 12.8. The predicted octanol–water partition coefficient (Wildman–Crippen LogP) is 3.47. The molecule has 0 bridgehead atoms. The van der Waals surface area contributed by atoms with E-state index in [0.29, 0.717) is 24.6 Å². The number of nitrogens with zero attached hydrogens (tertiary/aromatic N) is 5. The number of para-hydroxylation sites is 1. The maximum Gasteiger partial charge on any atom is 0.322 e. The molecule has 0 atom stereocenters. The van der Waals surface area contributed by atoms with Crippen molar-refractivity contribution in [2.24, 2.45) is 0 Å². The number of carbonyl (C=O) groups is 1. The first-order valence-electron chi connectivity index (χ1n) is 8.63. The summed E-state index contributed by atoms with van der Waals surface area (Å²) >= 11 is 0. The first-order chi connectivity index (χ1) is 12.6. The summed E-state index contributed by atoms with van der Waals surface area (Å²) in [5.41, 5.74) is 3.89. The Morgan fingerprint density at radius 1 is 1.04 bits per heavy atom. The van der Waals surface area contributed by atoms with Crippen LogP contribution in [0.25, 0.3) is 11.4 Å². The van der Waals surface area contributed by atoms with Gasteiger partial charge in [-0.25, -0.2) is 9.48 Å². The van der Waals surface area contributed by atoms with Crippen molar-refractivity contribution in [1.29, 1.82) is 0 Å². The molecule has 0 saturated heterocycles. The quantitative estimate of drug-likeness (QED) is 0.786. The van der Waals surface area contributed by atoms with E-state index in [4.69, 9.17) is 0 Å². The Labute approximate surface area is 151 Å². The first-order valence-corrected chi connectivity index (χ1v) is 8.63. The zero-order chi connectivity index (χ0) is 18.1. The zero-order valence-corrected chi connectivity index (χ0v) is 14.8. The van der Waals surface area contributed by atoms with Gasteiger partial charge in [0.2, 0.25) is 0 Å². The molecule has 4 rings (SSSR count). The summed E-state index contributed by atoms with van der Waals surface area (Å²) in [4.78, 5) is 14.6. The Hall–Kier alpha value is -3.22.